The summed E-state index contributed by atoms with van der Waals surface area (Å²) < 4.78 is 12.2. The number of aliphatic hydroxyl groups excluding tert-OH is 1. The summed E-state index contributed by atoms with van der Waals surface area (Å²) in [4.78, 5) is 0. The van der Waals surface area contributed by atoms with E-state index in [1.807, 2.05) is 12.1 Å². The molecule has 0 saturated carbocycles. The van der Waals surface area contributed by atoms with Crippen LogP contribution in [0.15, 0.2) is 16.6 Å². The van der Waals surface area contributed by atoms with Crippen LogP contribution in [0.2, 0.25) is 0 Å². The van der Waals surface area contributed by atoms with Crippen LogP contribution >= 0.6 is 15.9 Å². The molecule has 4 heteroatoms. The Kier molecular flexibility index (Phi) is 5.11. The van der Waals surface area contributed by atoms with Crippen molar-refractivity contribution in [2.24, 2.45) is 5.92 Å². The number of hydrogen-bond acceptors (Lipinski definition) is 3. The summed E-state index contributed by atoms with van der Waals surface area (Å²) in [6.07, 6.45) is 2.21. The number of hydrogen-bond donors (Lipinski definition) is 1. The van der Waals surface area contributed by atoms with Gasteiger partial charge in [-0.2, -0.15) is 0 Å². The third-order valence-corrected chi connectivity index (χ3v) is 3.82. The minimum Gasteiger partial charge on any atom is -0.490 e. The Morgan fingerprint density at radius 2 is 1.95 bits per heavy atom. The Bertz CT molecular complexity index is 432. The van der Waals surface area contributed by atoms with Crippen molar-refractivity contribution in [1.82, 2.24) is 0 Å². The lowest BCUT2D eigenvalue weighted by atomic mass is 9.99. The van der Waals surface area contributed by atoms with E-state index in [2.05, 4.69) is 29.8 Å². The molecule has 19 heavy (non-hydrogen) atoms. The summed E-state index contributed by atoms with van der Waals surface area (Å²) in [6, 6.07) is 3.83. The summed E-state index contributed by atoms with van der Waals surface area (Å²) in [7, 11) is 0. The van der Waals surface area contributed by atoms with Gasteiger partial charge in [-0.3, -0.25) is 0 Å². The molecule has 1 aliphatic rings. The maximum absolute atomic E-state index is 10.2. The van der Waals surface area contributed by atoms with E-state index < -0.39 is 6.10 Å². The second kappa shape index (κ2) is 6.62. The van der Waals surface area contributed by atoms with E-state index in [4.69, 9.17) is 9.47 Å². The molecule has 0 spiro atoms. The van der Waals surface area contributed by atoms with Gasteiger partial charge >= 0.3 is 0 Å². The van der Waals surface area contributed by atoms with E-state index in [9.17, 15) is 5.11 Å². The highest BCUT2D eigenvalue weighted by atomic mass is 79.9. The van der Waals surface area contributed by atoms with E-state index in [0.717, 1.165) is 40.8 Å². The molecule has 0 aromatic heterocycles. The lowest BCUT2D eigenvalue weighted by Gasteiger charge is -2.16. The van der Waals surface area contributed by atoms with E-state index in [1.54, 1.807) is 0 Å². The fourth-order valence-corrected chi connectivity index (χ4v) is 2.68. The molecular formula is C15H21BrO3. The second-order valence-electron chi connectivity index (χ2n) is 5.37. The highest BCUT2D eigenvalue weighted by Gasteiger charge is 2.18. The number of rotatable bonds is 4. The normalized spacial score (nSPS) is 16.3. The first-order valence-electron chi connectivity index (χ1n) is 6.85. The fourth-order valence-electron chi connectivity index (χ4n) is 2.10. The quantitative estimate of drug-likeness (QED) is 0.905. The van der Waals surface area contributed by atoms with Crippen LogP contribution in [-0.4, -0.2) is 18.3 Å². The maximum Gasteiger partial charge on any atom is 0.175 e. The van der Waals surface area contributed by atoms with Gasteiger partial charge < -0.3 is 14.6 Å². The number of aliphatic hydroxyl groups is 1. The monoisotopic (exact) mass is 328 g/mol. The molecule has 106 valence electrons. The van der Waals surface area contributed by atoms with E-state index in [-0.39, 0.29) is 0 Å². The zero-order chi connectivity index (χ0) is 13.8. The van der Waals surface area contributed by atoms with Gasteiger partial charge in [-0.15, -0.1) is 0 Å². The lowest BCUT2D eigenvalue weighted by Crippen LogP contribution is -2.02. The average molecular weight is 329 g/mol. The molecule has 0 aliphatic carbocycles. The standard InChI is InChI=1S/C15H21BrO3/c1-10(2)4-5-13(17)11-8-12(16)15-14(9-11)18-6-3-7-19-15/h8-10,13,17H,3-7H2,1-2H3. The van der Waals surface area contributed by atoms with Gasteiger partial charge in [0.25, 0.3) is 0 Å². The van der Waals surface area contributed by atoms with E-state index in [1.165, 1.54) is 0 Å². The molecule has 0 bridgehead atoms. The molecular weight excluding hydrogens is 308 g/mol. The van der Waals surface area contributed by atoms with Crippen LogP contribution in [-0.2, 0) is 0 Å². The van der Waals surface area contributed by atoms with Crippen molar-refractivity contribution in [3.63, 3.8) is 0 Å². The van der Waals surface area contributed by atoms with Crippen LogP contribution in [0.25, 0.3) is 0 Å². The third kappa shape index (κ3) is 3.86. The predicted molar refractivity (Wildman–Crippen MR) is 78.8 cm³/mol. The van der Waals surface area contributed by atoms with Crippen LogP contribution < -0.4 is 9.47 Å². The second-order valence-corrected chi connectivity index (χ2v) is 6.22. The number of fused-ring (bicyclic) bond motifs is 1. The largest absolute Gasteiger partial charge is 0.490 e. The summed E-state index contributed by atoms with van der Waals surface area (Å²) >= 11 is 3.50. The van der Waals surface area contributed by atoms with Gasteiger partial charge in [0.15, 0.2) is 11.5 Å². The van der Waals surface area contributed by atoms with Gasteiger partial charge in [-0.05, 0) is 52.4 Å². The van der Waals surface area contributed by atoms with Crippen molar-refractivity contribution in [2.75, 3.05) is 13.2 Å². The van der Waals surface area contributed by atoms with Crippen LogP contribution in [0.4, 0.5) is 0 Å². The SMILES string of the molecule is CC(C)CCC(O)c1cc(Br)c2c(c1)OCCCO2. The summed E-state index contributed by atoms with van der Waals surface area (Å²) in [6.45, 7) is 5.65. The molecule has 0 amide bonds. The van der Waals surface area contributed by atoms with Gasteiger partial charge in [-0.25, -0.2) is 0 Å². The van der Waals surface area contributed by atoms with Crippen molar-refractivity contribution < 1.29 is 14.6 Å². The molecule has 1 N–H and O–H groups in total. The number of ether oxygens (including phenoxy) is 2. The predicted octanol–water partition coefficient (Wildman–Crippen LogP) is 4.08. The molecule has 1 aliphatic heterocycles. The van der Waals surface area contributed by atoms with Gasteiger partial charge in [-0.1, -0.05) is 13.8 Å². The molecule has 1 heterocycles. The minimum absolute atomic E-state index is 0.448. The smallest absolute Gasteiger partial charge is 0.175 e. The Balaban J connectivity index is 2.18. The van der Waals surface area contributed by atoms with Gasteiger partial charge in [0, 0.05) is 6.42 Å². The van der Waals surface area contributed by atoms with Crippen molar-refractivity contribution in [2.45, 2.75) is 39.2 Å². The first kappa shape index (κ1) is 14.7. The molecule has 0 radical (unpaired) electrons. The van der Waals surface area contributed by atoms with Gasteiger partial charge in [0.05, 0.1) is 23.8 Å². The number of halogens is 1. The molecule has 1 aromatic carbocycles. The maximum atomic E-state index is 10.2. The molecule has 3 nitrogen and oxygen atoms in total. The van der Waals surface area contributed by atoms with Crippen LogP contribution in [0.3, 0.4) is 0 Å². The molecule has 0 saturated heterocycles. The van der Waals surface area contributed by atoms with E-state index >= 15 is 0 Å². The van der Waals surface area contributed by atoms with Crippen molar-refractivity contribution >= 4 is 15.9 Å². The molecule has 1 aromatic rings. The average Bonchev–Trinajstić information content (AvgIpc) is 2.61. The third-order valence-electron chi connectivity index (χ3n) is 3.23. The Morgan fingerprint density at radius 1 is 1.21 bits per heavy atom. The minimum atomic E-state index is -0.448. The Hall–Kier alpha value is -0.740. The fraction of sp³-hybridized carbons (Fsp3) is 0.600. The van der Waals surface area contributed by atoms with Crippen molar-refractivity contribution in [3.05, 3.63) is 22.2 Å². The van der Waals surface area contributed by atoms with Gasteiger partial charge in [0.2, 0.25) is 0 Å². The topological polar surface area (TPSA) is 38.7 Å². The summed E-state index contributed by atoms with van der Waals surface area (Å²) in [5.41, 5.74) is 0.886. The highest BCUT2D eigenvalue weighted by Crippen LogP contribution is 2.40. The van der Waals surface area contributed by atoms with Crippen LogP contribution in [0.5, 0.6) is 11.5 Å². The highest BCUT2D eigenvalue weighted by molar-refractivity contribution is 9.10. The zero-order valence-electron chi connectivity index (χ0n) is 11.5. The first-order chi connectivity index (χ1) is 9.08. The van der Waals surface area contributed by atoms with Crippen molar-refractivity contribution in [1.29, 1.82) is 0 Å². The Morgan fingerprint density at radius 3 is 2.68 bits per heavy atom. The van der Waals surface area contributed by atoms with Gasteiger partial charge in [0.1, 0.15) is 0 Å². The molecule has 2 rings (SSSR count). The van der Waals surface area contributed by atoms with Crippen molar-refractivity contribution in [3.8, 4) is 11.5 Å². The van der Waals surface area contributed by atoms with Crippen LogP contribution in [0, 0.1) is 5.92 Å². The molecule has 1 atom stereocenters. The summed E-state index contributed by atoms with van der Waals surface area (Å²) in [5, 5.41) is 10.2. The summed E-state index contributed by atoms with van der Waals surface area (Å²) in [5.74, 6) is 2.07. The first-order valence-corrected chi connectivity index (χ1v) is 7.64. The zero-order valence-corrected chi connectivity index (χ0v) is 13.1. The van der Waals surface area contributed by atoms with Crippen LogP contribution in [0.1, 0.15) is 44.8 Å². The lowest BCUT2D eigenvalue weighted by molar-refractivity contribution is 0.158. The number of benzene rings is 1. The molecule has 1 unspecified atom stereocenters. The Labute approximate surface area is 123 Å². The van der Waals surface area contributed by atoms with E-state index in [0.29, 0.717) is 19.1 Å². The molecule has 0 fully saturated rings.